The highest BCUT2D eigenvalue weighted by Gasteiger charge is 2.32. The average molecular weight is 358 g/mol. The fraction of sp³-hybridized carbons (Fsp3) is 0.750. The van der Waals surface area contributed by atoms with E-state index >= 15 is 0 Å². The Labute approximate surface area is 155 Å². The second-order valence-electron chi connectivity index (χ2n) is 8.10. The maximum atomic E-state index is 12.6. The first-order valence-corrected chi connectivity index (χ1v) is 10.3. The van der Waals surface area contributed by atoms with Crippen LogP contribution in [0.3, 0.4) is 0 Å². The number of anilines is 1. The van der Waals surface area contributed by atoms with Crippen molar-refractivity contribution in [2.24, 2.45) is 11.8 Å². The fourth-order valence-corrected chi connectivity index (χ4v) is 4.59. The molecule has 6 nitrogen and oxygen atoms in total. The van der Waals surface area contributed by atoms with E-state index in [1.165, 1.54) is 38.5 Å². The van der Waals surface area contributed by atoms with Gasteiger partial charge < -0.3 is 15.0 Å². The van der Waals surface area contributed by atoms with E-state index in [1.807, 2.05) is 4.90 Å². The Morgan fingerprint density at radius 3 is 2.69 bits per heavy atom. The maximum absolute atomic E-state index is 12.6. The second kappa shape index (κ2) is 8.23. The third-order valence-corrected chi connectivity index (χ3v) is 6.11. The summed E-state index contributed by atoms with van der Waals surface area (Å²) in [7, 11) is 0. The molecule has 1 aromatic rings. The normalized spacial score (nSPS) is 24.3. The standard InChI is InChI=1S/C20H30N4O2/c25-20(16-7-3-4-8-16)24-10-9-17(13-24)22-18-11-21-12-19(23-18)26-14-15-5-1-2-6-15/h11-12,15-17H,1-10,13-14H2,(H,22,23). The van der Waals surface area contributed by atoms with Gasteiger partial charge in [0.2, 0.25) is 11.8 Å². The number of nitrogens with zero attached hydrogens (tertiary/aromatic N) is 3. The molecule has 3 aliphatic rings. The predicted molar refractivity (Wildman–Crippen MR) is 100 cm³/mol. The van der Waals surface area contributed by atoms with Crippen molar-refractivity contribution in [3.63, 3.8) is 0 Å². The van der Waals surface area contributed by atoms with Gasteiger partial charge in [0.25, 0.3) is 0 Å². The number of hydrogen-bond donors (Lipinski definition) is 1. The summed E-state index contributed by atoms with van der Waals surface area (Å²) in [5.41, 5.74) is 0. The fourth-order valence-electron chi connectivity index (χ4n) is 4.59. The van der Waals surface area contributed by atoms with Crippen LogP contribution in [0.25, 0.3) is 0 Å². The Morgan fingerprint density at radius 1 is 1.12 bits per heavy atom. The van der Waals surface area contributed by atoms with Gasteiger partial charge in [0.05, 0.1) is 19.0 Å². The summed E-state index contributed by atoms with van der Waals surface area (Å²) in [5.74, 6) is 2.62. The summed E-state index contributed by atoms with van der Waals surface area (Å²) in [6.07, 6.45) is 14.1. The van der Waals surface area contributed by atoms with Crippen LogP contribution >= 0.6 is 0 Å². The molecule has 1 saturated heterocycles. The van der Waals surface area contributed by atoms with Gasteiger partial charge in [-0.3, -0.25) is 9.78 Å². The number of hydrogen-bond acceptors (Lipinski definition) is 5. The van der Waals surface area contributed by atoms with Crippen LogP contribution in [-0.2, 0) is 4.79 Å². The molecule has 1 amide bonds. The van der Waals surface area contributed by atoms with E-state index in [2.05, 4.69) is 15.3 Å². The van der Waals surface area contributed by atoms with Gasteiger partial charge >= 0.3 is 0 Å². The second-order valence-corrected chi connectivity index (χ2v) is 8.10. The van der Waals surface area contributed by atoms with Gasteiger partial charge in [-0.25, -0.2) is 0 Å². The van der Waals surface area contributed by atoms with E-state index in [-0.39, 0.29) is 12.0 Å². The number of carbonyl (C=O) groups excluding carboxylic acids is 1. The largest absolute Gasteiger partial charge is 0.476 e. The molecule has 4 rings (SSSR count). The van der Waals surface area contributed by atoms with Crippen LogP contribution in [-0.4, -0.2) is 46.5 Å². The highest BCUT2D eigenvalue weighted by Crippen LogP contribution is 2.28. The Hall–Kier alpha value is -1.85. The molecule has 1 N–H and O–H groups in total. The SMILES string of the molecule is O=C(C1CCCC1)N1CCC(Nc2cncc(OCC3CCCC3)n2)C1. The lowest BCUT2D eigenvalue weighted by Gasteiger charge is -2.21. The van der Waals surface area contributed by atoms with Gasteiger partial charge in [0.15, 0.2) is 0 Å². The molecule has 1 aromatic heterocycles. The Balaban J connectivity index is 1.27. The van der Waals surface area contributed by atoms with Crippen molar-refractivity contribution in [3.8, 4) is 5.88 Å². The van der Waals surface area contributed by atoms with E-state index in [0.717, 1.165) is 44.8 Å². The Morgan fingerprint density at radius 2 is 1.88 bits per heavy atom. The number of rotatable bonds is 6. The molecule has 2 aliphatic carbocycles. The third kappa shape index (κ3) is 4.27. The highest BCUT2D eigenvalue weighted by atomic mass is 16.5. The predicted octanol–water partition coefficient (Wildman–Crippen LogP) is 3.25. The lowest BCUT2D eigenvalue weighted by molar-refractivity contribution is -0.134. The molecular weight excluding hydrogens is 328 g/mol. The Kier molecular flexibility index (Phi) is 5.56. The number of aromatic nitrogens is 2. The lowest BCUT2D eigenvalue weighted by Crippen LogP contribution is -2.35. The van der Waals surface area contributed by atoms with Crippen LogP contribution < -0.4 is 10.1 Å². The van der Waals surface area contributed by atoms with Crippen molar-refractivity contribution in [1.29, 1.82) is 0 Å². The third-order valence-electron chi connectivity index (χ3n) is 6.11. The topological polar surface area (TPSA) is 67.4 Å². The molecule has 1 unspecified atom stereocenters. The summed E-state index contributed by atoms with van der Waals surface area (Å²) in [6.45, 7) is 2.35. The zero-order chi connectivity index (χ0) is 17.8. The maximum Gasteiger partial charge on any atom is 0.234 e. The summed E-state index contributed by atoms with van der Waals surface area (Å²) in [4.78, 5) is 23.4. The zero-order valence-corrected chi connectivity index (χ0v) is 15.5. The molecule has 3 fully saturated rings. The molecule has 0 spiro atoms. The lowest BCUT2D eigenvalue weighted by atomic mass is 10.1. The van der Waals surface area contributed by atoms with Crippen molar-refractivity contribution in [1.82, 2.24) is 14.9 Å². The molecule has 1 aliphatic heterocycles. The molecule has 0 radical (unpaired) electrons. The summed E-state index contributed by atoms with van der Waals surface area (Å²) in [5, 5.41) is 3.44. The van der Waals surface area contributed by atoms with Crippen molar-refractivity contribution < 1.29 is 9.53 Å². The Bertz CT molecular complexity index is 612. The molecule has 1 atom stereocenters. The van der Waals surface area contributed by atoms with Gasteiger partial charge in [0.1, 0.15) is 5.82 Å². The first-order valence-electron chi connectivity index (χ1n) is 10.3. The average Bonchev–Trinajstić information content (AvgIpc) is 3.41. The molecular formula is C20H30N4O2. The molecule has 2 heterocycles. The smallest absolute Gasteiger partial charge is 0.234 e. The van der Waals surface area contributed by atoms with Crippen LogP contribution in [0.15, 0.2) is 12.4 Å². The van der Waals surface area contributed by atoms with Crippen molar-refractivity contribution in [3.05, 3.63) is 12.4 Å². The van der Waals surface area contributed by atoms with Gasteiger partial charge in [-0.1, -0.05) is 25.7 Å². The monoisotopic (exact) mass is 358 g/mol. The molecule has 6 heteroatoms. The summed E-state index contributed by atoms with van der Waals surface area (Å²) < 4.78 is 5.84. The molecule has 0 aromatic carbocycles. The van der Waals surface area contributed by atoms with E-state index < -0.39 is 0 Å². The number of carbonyl (C=O) groups is 1. The van der Waals surface area contributed by atoms with E-state index in [0.29, 0.717) is 17.7 Å². The number of amides is 1. The minimum absolute atomic E-state index is 0.250. The van der Waals surface area contributed by atoms with Crippen LogP contribution in [0, 0.1) is 11.8 Å². The van der Waals surface area contributed by atoms with Gasteiger partial charge in [-0.2, -0.15) is 4.98 Å². The van der Waals surface area contributed by atoms with E-state index in [4.69, 9.17) is 4.74 Å². The van der Waals surface area contributed by atoms with Crippen LogP contribution in [0.2, 0.25) is 0 Å². The molecule has 26 heavy (non-hydrogen) atoms. The van der Waals surface area contributed by atoms with Crippen LogP contribution in [0.1, 0.15) is 57.8 Å². The molecule has 0 bridgehead atoms. The summed E-state index contributed by atoms with van der Waals surface area (Å²) >= 11 is 0. The van der Waals surface area contributed by atoms with Crippen molar-refractivity contribution in [2.45, 2.75) is 63.8 Å². The minimum Gasteiger partial charge on any atom is -0.476 e. The highest BCUT2D eigenvalue weighted by molar-refractivity contribution is 5.79. The molecule has 2 saturated carbocycles. The number of ether oxygens (including phenoxy) is 1. The van der Waals surface area contributed by atoms with Gasteiger partial charge in [-0.15, -0.1) is 0 Å². The van der Waals surface area contributed by atoms with Gasteiger partial charge in [0, 0.05) is 25.0 Å². The number of nitrogens with one attached hydrogen (secondary N) is 1. The van der Waals surface area contributed by atoms with E-state index in [1.54, 1.807) is 12.4 Å². The van der Waals surface area contributed by atoms with Crippen molar-refractivity contribution in [2.75, 3.05) is 25.0 Å². The quantitative estimate of drug-likeness (QED) is 0.845. The number of likely N-dealkylation sites (tertiary alicyclic amines) is 1. The first kappa shape index (κ1) is 17.6. The summed E-state index contributed by atoms with van der Waals surface area (Å²) in [6, 6.07) is 0.250. The minimum atomic E-state index is 0.250. The zero-order valence-electron chi connectivity index (χ0n) is 15.5. The van der Waals surface area contributed by atoms with Crippen LogP contribution in [0.5, 0.6) is 5.88 Å². The van der Waals surface area contributed by atoms with E-state index in [9.17, 15) is 4.79 Å². The molecule has 142 valence electrons. The van der Waals surface area contributed by atoms with Crippen LogP contribution in [0.4, 0.5) is 5.82 Å². The van der Waals surface area contributed by atoms with Gasteiger partial charge in [-0.05, 0) is 38.0 Å². The first-order chi connectivity index (χ1) is 12.8. The van der Waals surface area contributed by atoms with Crippen molar-refractivity contribution >= 4 is 11.7 Å².